The Morgan fingerprint density at radius 3 is 2.68 bits per heavy atom. The van der Waals surface area contributed by atoms with Crippen LogP contribution in [0.4, 0.5) is 9.93 Å². The summed E-state index contributed by atoms with van der Waals surface area (Å²) in [5.74, 6) is 0.185. The summed E-state index contributed by atoms with van der Waals surface area (Å²) in [5.41, 5.74) is 6.37. The number of ether oxygens (including phenoxy) is 4. The third-order valence-corrected chi connectivity index (χ3v) is 8.26. The SMILES string of the molecule is CO[C@H]1C([C@@]2(C)O[C@@H]2CC=C(C)C)[C@]2(CC[C@H]1OC(=O)NC(Cc1nnc(N)s1)C(C)C)CO2. The minimum atomic E-state index is -0.447. The van der Waals surface area contributed by atoms with E-state index < -0.39 is 6.09 Å². The van der Waals surface area contributed by atoms with E-state index in [9.17, 15) is 4.79 Å². The number of hydrogen-bond donors (Lipinski definition) is 2. The maximum atomic E-state index is 13.0. The lowest BCUT2D eigenvalue weighted by Gasteiger charge is -2.42. The largest absolute Gasteiger partial charge is 0.443 e. The number of rotatable bonds is 9. The summed E-state index contributed by atoms with van der Waals surface area (Å²) in [6, 6.07) is -0.143. The first kappa shape index (κ1) is 25.3. The average Bonchev–Trinajstić information content (AvgIpc) is 3.64. The number of nitrogen functional groups attached to an aromatic ring is 1. The fourth-order valence-electron chi connectivity index (χ4n) is 5.38. The lowest BCUT2D eigenvalue weighted by Crippen LogP contribution is -2.56. The molecule has 0 radical (unpaired) electrons. The highest BCUT2D eigenvalue weighted by molar-refractivity contribution is 7.15. The van der Waals surface area contributed by atoms with E-state index in [1.807, 2.05) is 0 Å². The van der Waals surface area contributed by atoms with Gasteiger partial charge in [-0.05, 0) is 46.0 Å². The first-order valence-electron chi connectivity index (χ1n) is 12.1. The number of aromatic nitrogens is 2. The fraction of sp³-hybridized carbons (Fsp3) is 0.792. The van der Waals surface area contributed by atoms with E-state index in [0.29, 0.717) is 24.6 Å². The van der Waals surface area contributed by atoms with Gasteiger partial charge < -0.3 is 30.0 Å². The Hall–Kier alpha value is -1.75. The molecule has 3 heterocycles. The molecule has 2 unspecified atom stereocenters. The van der Waals surface area contributed by atoms with Gasteiger partial charge in [0.25, 0.3) is 0 Å². The molecular weight excluding hydrogens is 456 g/mol. The van der Waals surface area contributed by atoms with Gasteiger partial charge in [-0.25, -0.2) is 4.79 Å². The van der Waals surface area contributed by atoms with Crippen molar-refractivity contribution in [2.45, 2.75) is 95.9 Å². The molecule has 3 fully saturated rings. The Bertz CT molecular complexity index is 913. The zero-order valence-electron chi connectivity index (χ0n) is 21.0. The monoisotopic (exact) mass is 494 g/mol. The summed E-state index contributed by atoms with van der Waals surface area (Å²) < 4.78 is 24.2. The number of anilines is 1. The van der Waals surface area contributed by atoms with Crippen molar-refractivity contribution in [3.63, 3.8) is 0 Å². The van der Waals surface area contributed by atoms with Crippen molar-refractivity contribution >= 4 is 22.6 Å². The van der Waals surface area contributed by atoms with Crippen LogP contribution in [0.5, 0.6) is 0 Å². The van der Waals surface area contributed by atoms with Crippen molar-refractivity contribution in [1.29, 1.82) is 0 Å². The number of nitrogens with two attached hydrogens (primary N) is 1. The molecule has 7 atom stereocenters. The standard InChI is InChI=1S/C24H38N4O5S/c1-13(2)7-8-17-23(5,33-17)20-19(30-6)16(9-10-24(20)12-31-24)32-22(29)26-15(14(3)4)11-18-27-28-21(25)34-18/h7,14-17,19-20H,8-12H2,1-6H3,(H2,25,28)(H,26,29)/t15?,16-,17-,19-,20?,23+,24+/m1/s1. The Morgan fingerprint density at radius 1 is 1.38 bits per heavy atom. The molecule has 3 aliphatic rings. The van der Waals surface area contributed by atoms with E-state index in [2.05, 4.69) is 56.2 Å². The van der Waals surface area contributed by atoms with Crippen LogP contribution in [-0.2, 0) is 25.4 Å². The minimum Gasteiger partial charge on any atom is -0.443 e. The third kappa shape index (κ3) is 5.24. The van der Waals surface area contributed by atoms with Crippen molar-refractivity contribution in [1.82, 2.24) is 15.5 Å². The average molecular weight is 495 g/mol. The van der Waals surface area contributed by atoms with Gasteiger partial charge in [0.2, 0.25) is 5.13 Å². The Balaban J connectivity index is 1.42. The van der Waals surface area contributed by atoms with Crippen LogP contribution >= 0.6 is 11.3 Å². The van der Waals surface area contributed by atoms with Crippen molar-refractivity contribution in [2.24, 2.45) is 11.8 Å². The molecule has 2 saturated heterocycles. The number of hydrogen-bond acceptors (Lipinski definition) is 9. The van der Waals surface area contributed by atoms with Gasteiger partial charge in [0.1, 0.15) is 28.4 Å². The number of amides is 1. The highest BCUT2D eigenvalue weighted by atomic mass is 32.1. The van der Waals surface area contributed by atoms with Crippen LogP contribution in [0.15, 0.2) is 11.6 Å². The number of nitrogens with zero attached hydrogens (tertiary/aromatic N) is 2. The topological polar surface area (TPSA) is 124 Å². The summed E-state index contributed by atoms with van der Waals surface area (Å²) in [5, 5.41) is 12.2. The van der Waals surface area contributed by atoms with Crippen LogP contribution < -0.4 is 11.1 Å². The van der Waals surface area contributed by atoms with Crippen LogP contribution in [0.3, 0.4) is 0 Å². The molecular formula is C24H38N4O5S. The summed E-state index contributed by atoms with van der Waals surface area (Å²) >= 11 is 1.33. The molecule has 34 heavy (non-hydrogen) atoms. The van der Waals surface area contributed by atoms with E-state index in [-0.39, 0.29) is 47.4 Å². The Morgan fingerprint density at radius 2 is 2.12 bits per heavy atom. The maximum absolute atomic E-state index is 13.0. The zero-order valence-corrected chi connectivity index (χ0v) is 21.8. The van der Waals surface area contributed by atoms with Gasteiger partial charge in [0.05, 0.1) is 18.6 Å². The van der Waals surface area contributed by atoms with Gasteiger partial charge in [0.15, 0.2) is 0 Å². The summed E-state index contributed by atoms with van der Waals surface area (Å²) in [6.45, 7) is 11.1. The molecule has 1 amide bonds. The van der Waals surface area contributed by atoms with Crippen LogP contribution in [0.2, 0.25) is 0 Å². The third-order valence-electron chi connectivity index (χ3n) is 7.48. The van der Waals surface area contributed by atoms with Crippen LogP contribution in [0, 0.1) is 11.8 Å². The van der Waals surface area contributed by atoms with Crippen molar-refractivity contribution in [2.75, 3.05) is 19.5 Å². The first-order chi connectivity index (χ1) is 16.1. The molecule has 0 aromatic carbocycles. The number of carbonyl (C=O) groups excluding carboxylic acids is 1. The summed E-state index contributed by atoms with van der Waals surface area (Å²) in [4.78, 5) is 13.0. The van der Waals surface area contributed by atoms with Gasteiger partial charge >= 0.3 is 6.09 Å². The fourth-order valence-corrected chi connectivity index (χ4v) is 6.05. The predicted molar refractivity (Wildman–Crippen MR) is 130 cm³/mol. The molecule has 10 heteroatoms. The first-order valence-corrected chi connectivity index (χ1v) is 12.9. The lowest BCUT2D eigenvalue weighted by atomic mass is 9.68. The molecule has 1 aromatic rings. The molecule has 3 N–H and O–H groups in total. The van der Waals surface area contributed by atoms with E-state index in [0.717, 1.165) is 17.8 Å². The number of methoxy groups -OCH3 is 1. The van der Waals surface area contributed by atoms with Gasteiger partial charge in [0, 0.05) is 19.6 Å². The van der Waals surface area contributed by atoms with Crippen LogP contribution in [-0.4, -0.2) is 65.6 Å². The number of epoxide rings is 2. The minimum absolute atomic E-state index is 0.00243. The highest BCUT2D eigenvalue weighted by Crippen LogP contribution is 2.59. The van der Waals surface area contributed by atoms with E-state index in [1.54, 1.807) is 7.11 Å². The van der Waals surface area contributed by atoms with Gasteiger partial charge in [-0.2, -0.15) is 0 Å². The second kappa shape index (κ2) is 9.72. The molecule has 190 valence electrons. The zero-order chi connectivity index (χ0) is 24.7. The summed E-state index contributed by atoms with van der Waals surface area (Å²) in [7, 11) is 1.68. The Kier molecular flexibility index (Phi) is 7.24. The Labute approximate surface area is 205 Å². The van der Waals surface area contributed by atoms with E-state index in [1.165, 1.54) is 16.9 Å². The molecule has 9 nitrogen and oxygen atoms in total. The van der Waals surface area contributed by atoms with Gasteiger partial charge in [-0.3, -0.25) is 0 Å². The van der Waals surface area contributed by atoms with E-state index in [4.69, 9.17) is 24.7 Å². The van der Waals surface area contributed by atoms with Crippen LogP contribution in [0.25, 0.3) is 0 Å². The van der Waals surface area contributed by atoms with Crippen LogP contribution in [0.1, 0.15) is 58.9 Å². The molecule has 1 aromatic heterocycles. The van der Waals surface area contributed by atoms with Crippen molar-refractivity contribution < 1.29 is 23.7 Å². The normalized spacial score (nSPS) is 35.1. The number of allylic oxidation sites excluding steroid dienone is 1. The summed E-state index contributed by atoms with van der Waals surface area (Å²) in [6.07, 6.45) is 4.13. The number of alkyl carbamates (subject to hydrolysis) is 1. The molecule has 4 rings (SSSR count). The highest BCUT2D eigenvalue weighted by Gasteiger charge is 2.72. The smallest absolute Gasteiger partial charge is 0.407 e. The van der Waals surface area contributed by atoms with Crippen molar-refractivity contribution in [3.8, 4) is 0 Å². The van der Waals surface area contributed by atoms with E-state index >= 15 is 0 Å². The molecule has 2 aliphatic heterocycles. The second-order valence-electron chi connectivity index (χ2n) is 10.6. The lowest BCUT2D eigenvalue weighted by molar-refractivity contribution is -0.118. The molecule has 1 saturated carbocycles. The molecule has 1 aliphatic carbocycles. The molecule has 0 bridgehead atoms. The quantitative estimate of drug-likeness (QED) is 0.395. The van der Waals surface area contributed by atoms with Crippen molar-refractivity contribution in [3.05, 3.63) is 16.7 Å². The maximum Gasteiger partial charge on any atom is 0.407 e. The number of carbonyl (C=O) groups is 1. The second-order valence-corrected chi connectivity index (χ2v) is 11.6. The number of nitrogens with one attached hydrogen (secondary N) is 1. The predicted octanol–water partition coefficient (Wildman–Crippen LogP) is 3.49. The molecule has 1 spiro atoms. The van der Waals surface area contributed by atoms with Gasteiger partial charge in [-0.1, -0.05) is 36.8 Å². The van der Waals surface area contributed by atoms with Gasteiger partial charge in [-0.15, -0.1) is 10.2 Å².